The summed E-state index contributed by atoms with van der Waals surface area (Å²) in [5.41, 5.74) is 0. The summed E-state index contributed by atoms with van der Waals surface area (Å²) in [6, 6.07) is 1.30. The number of hydrogen-bond donors (Lipinski definition) is 1. The number of hydrogen-bond acceptors (Lipinski definition) is 1. The van der Waals surface area contributed by atoms with Gasteiger partial charge in [-0.1, -0.05) is 12.5 Å². The minimum atomic E-state index is 0.495. The van der Waals surface area contributed by atoms with Crippen molar-refractivity contribution in [2.24, 2.45) is 23.7 Å². The van der Waals surface area contributed by atoms with Crippen molar-refractivity contribution in [2.45, 2.75) is 51.1 Å². The van der Waals surface area contributed by atoms with Gasteiger partial charge in [0.15, 0.2) is 0 Å². The largest absolute Gasteiger partial charge is 0.308 e. The van der Waals surface area contributed by atoms with Gasteiger partial charge in [-0.2, -0.15) is 0 Å². The molecule has 3 fully saturated rings. The minimum absolute atomic E-state index is 0.495. The predicted octanol–water partition coefficient (Wildman–Crippen LogP) is 2.98. The van der Waals surface area contributed by atoms with Crippen LogP contribution in [-0.2, 0) is 0 Å². The van der Waals surface area contributed by atoms with Crippen molar-refractivity contribution in [2.75, 3.05) is 0 Å². The zero-order chi connectivity index (χ0) is 10.4. The molecule has 84 valence electrons. The first-order valence-corrected chi connectivity index (χ1v) is 6.68. The third-order valence-corrected chi connectivity index (χ3v) is 5.26. The van der Waals surface area contributed by atoms with Gasteiger partial charge in [0.1, 0.15) is 0 Å². The Hall–Kier alpha value is -0.300. The van der Waals surface area contributed by atoms with Crippen molar-refractivity contribution in [1.29, 1.82) is 0 Å². The maximum Gasteiger partial charge on any atom is 0.0221 e. The Morgan fingerprint density at radius 2 is 2.00 bits per heavy atom. The van der Waals surface area contributed by atoms with Crippen LogP contribution in [0.1, 0.15) is 39.0 Å². The summed E-state index contributed by atoms with van der Waals surface area (Å²) in [6.45, 7) is 6.10. The molecular weight excluding hydrogens is 182 g/mol. The van der Waals surface area contributed by atoms with E-state index in [9.17, 15) is 0 Å². The van der Waals surface area contributed by atoms with E-state index >= 15 is 0 Å². The summed E-state index contributed by atoms with van der Waals surface area (Å²) in [5, 5.41) is 3.75. The lowest BCUT2D eigenvalue weighted by Crippen LogP contribution is -2.42. The van der Waals surface area contributed by atoms with E-state index in [1.807, 2.05) is 6.08 Å². The topological polar surface area (TPSA) is 12.0 Å². The lowest BCUT2D eigenvalue weighted by molar-refractivity contribution is 0.205. The van der Waals surface area contributed by atoms with Crippen LogP contribution in [0.4, 0.5) is 0 Å². The van der Waals surface area contributed by atoms with Gasteiger partial charge in [0, 0.05) is 12.1 Å². The van der Waals surface area contributed by atoms with Gasteiger partial charge in [-0.25, -0.2) is 0 Å². The number of rotatable bonds is 3. The van der Waals surface area contributed by atoms with Crippen LogP contribution in [0.5, 0.6) is 0 Å². The first-order valence-electron chi connectivity index (χ1n) is 6.68. The van der Waals surface area contributed by atoms with Crippen molar-refractivity contribution in [3.63, 3.8) is 0 Å². The maximum absolute atomic E-state index is 3.87. The minimum Gasteiger partial charge on any atom is -0.308 e. The van der Waals surface area contributed by atoms with Crippen LogP contribution in [0.2, 0.25) is 0 Å². The first kappa shape index (κ1) is 9.89. The standard InChI is InChI=1S/C14H23N/c1-3-9(2)15-14-8-10-7-13(14)12-6-4-5-11(10)12/h3,9-15H,1,4-8H2,2H3. The summed E-state index contributed by atoms with van der Waals surface area (Å²) in [7, 11) is 0. The van der Waals surface area contributed by atoms with Gasteiger partial charge in [0.2, 0.25) is 0 Å². The fourth-order valence-electron chi connectivity index (χ4n) is 4.67. The van der Waals surface area contributed by atoms with Gasteiger partial charge in [-0.15, -0.1) is 6.58 Å². The molecule has 3 rings (SSSR count). The highest BCUT2D eigenvalue weighted by molar-refractivity contribution is 5.06. The van der Waals surface area contributed by atoms with Crippen LogP contribution < -0.4 is 5.32 Å². The predicted molar refractivity (Wildman–Crippen MR) is 63.6 cm³/mol. The van der Waals surface area contributed by atoms with Crippen LogP contribution in [0.25, 0.3) is 0 Å². The molecule has 0 aliphatic heterocycles. The van der Waals surface area contributed by atoms with Crippen molar-refractivity contribution in [3.8, 4) is 0 Å². The highest BCUT2D eigenvalue weighted by atomic mass is 15.0. The van der Waals surface area contributed by atoms with Crippen LogP contribution in [-0.4, -0.2) is 12.1 Å². The number of nitrogens with one attached hydrogen (secondary N) is 1. The van der Waals surface area contributed by atoms with Crippen molar-refractivity contribution < 1.29 is 0 Å². The molecule has 0 radical (unpaired) electrons. The molecule has 1 heteroatoms. The molecule has 0 heterocycles. The Morgan fingerprint density at radius 1 is 1.20 bits per heavy atom. The average molecular weight is 205 g/mol. The third kappa shape index (κ3) is 1.47. The molecule has 15 heavy (non-hydrogen) atoms. The number of fused-ring (bicyclic) bond motifs is 5. The van der Waals surface area contributed by atoms with E-state index in [2.05, 4.69) is 18.8 Å². The summed E-state index contributed by atoms with van der Waals surface area (Å²) >= 11 is 0. The summed E-state index contributed by atoms with van der Waals surface area (Å²) in [4.78, 5) is 0. The second-order valence-electron chi connectivity index (χ2n) is 5.95. The second kappa shape index (κ2) is 3.62. The summed E-state index contributed by atoms with van der Waals surface area (Å²) < 4.78 is 0. The SMILES string of the molecule is C=CC(C)NC1CC2CC1C1CCCC21. The molecule has 0 spiro atoms. The Balaban J connectivity index is 1.68. The fourth-order valence-corrected chi connectivity index (χ4v) is 4.67. The Labute approximate surface area is 93.3 Å². The molecule has 0 aromatic rings. The quantitative estimate of drug-likeness (QED) is 0.698. The molecular formula is C14H23N. The maximum atomic E-state index is 3.87. The van der Waals surface area contributed by atoms with E-state index in [1.54, 1.807) is 0 Å². The fraction of sp³-hybridized carbons (Fsp3) is 0.857. The van der Waals surface area contributed by atoms with Crippen LogP contribution in [0.15, 0.2) is 12.7 Å². The van der Waals surface area contributed by atoms with Gasteiger partial charge in [-0.3, -0.25) is 0 Å². The van der Waals surface area contributed by atoms with Crippen molar-refractivity contribution >= 4 is 0 Å². The molecule has 3 aliphatic rings. The molecule has 1 nitrogen and oxygen atoms in total. The van der Waals surface area contributed by atoms with Gasteiger partial charge in [0.05, 0.1) is 0 Å². The third-order valence-electron chi connectivity index (χ3n) is 5.26. The van der Waals surface area contributed by atoms with E-state index in [-0.39, 0.29) is 0 Å². The molecule has 1 N–H and O–H groups in total. The molecule has 3 aliphatic carbocycles. The Bertz CT molecular complexity index is 260. The molecule has 0 amide bonds. The van der Waals surface area contributed by atoms with E-state index in [4.69, 9.17) is 0 Å². The molecule has 0 aromatic heterocycles. The molecule has 3 saturated carbocycles. The smallest absolute Gasteiger partial charge is 0.0221 e. The lowest BCUT2D eigenvalue weighted by atomic mass is 9.79. The van der Waals surface area contributed by atoms with E-state index in [0.717, 1.165) is 29.7 Å². The highest BCUT2D eigenvalue weighted by Gasteiger charge is 2.53. The zero-order valence-electron chi connectivity index (χ0n) is 9.78. The zero-order valence-corrected chi connectivity index (χ0v) is 9.78. The highest BCUT2D eigenvalue weighted by Crippen LogP contribution is 2.58. The summed E-state index contributed by atoms with van der Waals surface area (Å²) in [5.74, 6) is 4.27. The average Bonchev–Trinajstić information content (AvgIpc) is 2.87. The van der Waals surface area contributed by atoms with Crippen LogP contribution >= 0.6 is 0 Å². The summed E-state index contributed by atoms with van der Waals surface area (Å²) in [6.07, 6.45) is 9.58. The lowest BCUT2D eigenvalue weighted by Gasteiger charge is -2.33. The van der Waals surface area contributed by atoms with Crippen molar-refractivity contribution in [3.05, 3.63) is 12.7 Å². The van der Waals surface area contributed by atoms with Gasteiger partial charge >= 0.3 is 0 Å². The molecule has 6 unspecified atom stereocenters. The normalized spacial score (nSPS) is 49.3. The molecule has 0 saturated heterocycles. The Morgan fingerprint density at radius 3 is 2.80 bits per heavy atom. The second-order valence-corrected chi connectivity index (χ2v) is 5.95. The van der Waals surface area contributed by atoms with E-state index < -0.39 is 0 Å². The molecule has 6 atom stereocenters. The van der Waals surface area contributed by atoms with Crippen LogP contribution in [0, 0.1) is 23.7 Å². The first-order chi connectivity index (χ1) is 7.29. The van der Waals surface area contributed by atoms with Gasteiger partial charge < -0.3 is 5.32 Å². The van der Waals surface area contributed by atoms with Crippen molar-refractivity contribution in [1.82, 2.24) is 5.32 Å². The van der Waals surface area contributed by atoms with Gasteiger partial charge in [-0.05, 0) is 56.3 Å². The molecule has 0 aromatic carbocycles. The van der Waals surface area contributed by atoms with Crippen LogP contribution in [0.3, 0.4) is 0 Å². The van der Waals surface area contributed by atoms with Gasteiger partial charge in [0.25, 0.3) is 0 Å². The van der Waals surface area contributed by atoms with E-state index in [0.29, 0.717) is 6.04 Å². The van der Waals surface area contributed by atoms with E-state index in [1.165, 1.54) is 32.1 Å². The Kier molecular flexibility index (Phi) is 2.39. The molecule has 2 bridgehead atoms. The monoisotopic (exact) mass is 205 g/mol.